The van der Waals surface area contributed by atoms with Crippen LogP contribution in [0.25, 0.3) is 0 Å². The van der Waals surface area contributed by atoms with Gasteiger partial charge < -0.3 is 10.5 Å². The van der Waals surface area contributed by atoms with Gasteiger partial charge in [-0.05, 0) is 19.3 Å². The Morgan fingerprint density at radius 3 is 1.82 bits per heavy atom. The van der Waals surface area contributed by atoms with E-state index in [1.54, 1.807) is 0 Å². The second-order valence-corrected chi connectivity index (χ2v) is 4.28. The number of ether oxygens (including phenoxy) is 1. The van der Waals surface area contributed by atoms with Gasteiger partial charge in [-0.1, -0.05) is 20.8 Å². The van der Waals surface area contributed by atoms with Crippen LogP contribution in [0.2, 0.25) is 0 Å². The van der Waals surface area contributed by atoms with Gasteiger partial charge in [-0.25, -0.2) is 0 Å². The minimum atomic E-state index is 0.152. The maximum Gasteiger partial charge on any atom is 0.0748 e. The molecule has 0 radical (unpaired) electrons. The molecule has 1 unspecified atom stereocenters. The first-order chi connectivity index (χ1) is 4.88. The normalized spacial score (nSPS) is 15.5. The Balaban J connectivity index is 3.96. The van der Waals surface area contributed by atoms with E-state index in [1.165, 1.54) is 0 Å². The Kier molecular flexibility index (Phi) is 4.04. The predicted molar refractivity (Wildman–Crippen MR) is 48.5 cm³/mol. The summed E-state index contributed by atoms with van der Waals surface area (Å²) in [6.07, 6.45) is 0.435. The Bertz CT molecular complexity index is 105. The molecular weight excluding hydrogens is 138 g/mol. The van der Waals surface area contributed by atoms with Crippen LogP contribution in [0.15, 0.2) is 0 Å². The minimum absolute atomic E-state index is 0.152. The number of hydrogen-bond donors (Lipinski definition) is 1. The smallest absolute Gasteiger partial charge is 0.0748 e. The van der Waals surface area contributed by atoms with Gasteiger partial charge in [0.05, 0.1) is 12.2 Å². The topological polar surface area (TPSA) is 35.2 Å². The standard InChI is InChI=1S/C9H21NO/c1-7(2)11-8(6-10)9(3,4)5/h7-8H,6,10H2,1-5H3. The predicted octanol–water partition coefficient (Wildman–Crippen LogP) is 1.78. The van der Waals surface area contributed by atoms with Gasteiger partial charge in [0.25, 0.3) is 0 Å². The van der Waals surface area contributed by atoms with Gasteiger partial charge in [-0.3, -0.25) is 0 Å². The molecule has 11 heavy (non-hydrogen) atoms. The highest BCUT2D eigenvalue weighted by atomic mass is 16.5. The average molecular weight is 159 g/mol. The number of rotatable bonds is 3. The second kappa shape index (κ2) is 4.07. The van der Waals surface area contributed by atoms with E-state index in [0.29, 0.717) is 6.54 Å². The van der Waals surface area contributed by atoms with Crippen LogP contribution in [0.4, 0.5) is 0 Å². The summed E-state index contributed by atoms with van der Waals surface area (Å²) in [4.78, 5) is 0. The molecule has 0 spiro atoms. The highest BCUT2D eigenvalue weighted by molar-refractivity contribution is 4.75. The summed E-state index contributed by atoms with van der Waals surface area (Å²) in [5.74, 6) is 0. The fraction of sp³-hybridized carbons (Fsp3) is 1.00. The molecule has 0 aromatic heterocycles. The van der Waals surface area contributed by atoms with Gasteiger partial charge in [-0.2, -0.15) is 0 Å². The summed E-state index contributed by atoms with van der Waals surface area (Å²) >= 11 is 0. The maximum absolute atomic E-state index is 5.64. The van der Waals surface area contributed by atoms with E-state index in [0.717, 1.165) is 0 Å². The van der Waals surface area contributed by atoms with E-state index >= 15 is 0 Å². The summed E-state index contributed by atoms with van der Waals surface area (Å²) in [6, 6.07) is 0. The molecule has 0 amide bonds. The minimum Gasteiger partial charge on any atom is -0.374 e. The second-order valence-electron chi connectivity index (χ2n) is 4.28. The lowest BCUT2D eigenvalue weighted by Gasteiger charge is -2.31. The van der Waals surface area contributed by atoms with Gasteiger partial charge in [0.15, 0.2) is 0 Å². The maximum atomic E-state index is 5.64. The zero-order chi connectivity index (χ0) is 9.07. The molecule has 0 rings (SSSR count). The molecule has 1 atom stereocenters. The van der Waals surface area contributed by atoms with Crippen molar-refractivity contribution < 1.29 is 4.74 Å². The average Bonchev–Trinajstić information content (AvgIpc) is 1.79. The summed E-state index contributed by atoms with van der Waals surface area (Å²) in [7, 11) is 0. The van der Waals surface area contributed by atoms with Crippen molar-refractivity contribution in [3.8, 4) is 0 Å². The zero-order valence-electron chi connectivity index (χ0n) is 8.35. The zero-order valence-corrected chi connectivity index (χ0v) is 8.35. The van der Waals surface area contributed by atoms with Crippen molar-refractivity contribution in [3.63, 3.8) is 0 Å². The molecule has 0 fully saturated rings. The van der Waals surface area contributed by atoms with Crippen molar-refractivity contribution in [2.45, 2.75) is 46.8 Å². The van der Waals surface area contributed by atoms with E-state index in [2.05, 4.69) is 20.8 Å². The molecule has 0 aliphatic rings. The van der Waals surface area contributed by atoms with E-state index in [-0.39, 0.29) is 17.6 Å². The van der Waals surface area contributed by atoms with Crippen molar-refractivity contribution in [1.29, 1.82) is 0 Å². The molecule has 68 valence electrons. The van der Waals surface area contributed by atoms with Crippen molar-refractivity contribution in [3.05, 3.63) is 0 Å². The van der Waals surface area contributed by atoms with Crippen molar-refractivity contribution in [1.82, 2.24) is 0 Å². The summed E-state index contributed by atoms with van der Waals surface area (Å²) in [5.41, 5.74) is 5.73. The summed E-state index contributed by atoms with van der Waals surface area (Å²) in [6.45, 7) is 11.1. The molecule has 2 nitrogen and oxygen atoms in total. The van der Waals surface area contributed by atoms with E-state index < -0.39 is 0 Å². The third-order valence-corrected chi connectivity index (χ3v) is 1.62. The lowest BCUT2D eigenvalue weighted by molar-refractivity contribution is -0.0456. The van der Waals surface area contributed by atoms with Crippen LogP contribution in [-0.4, -0.2) is 18.8 Å². The van der Waals surface area contributed by atoms with Crippen LogP contribution < -0.4 is 5.73 Å². The van der Waals surface area contributed by atoms with Gasteiger partial charge in [0.2, 0.25) is 0 Å². The van der Waals surface area contributed by atoms with E-state index in [9.17, 15) is 0 Å². The van der Waals surface area contributed by atoms with Gasteiger partial charge in [0.1, 0.15) is 0 Å². The third-order valence-electron chi connectivity index (χ3n) is 1.62. The van der Waals surface area contributed by atoms with Crippen LogP contribution in [0.3, 0.4) is 0 Å². The molecule has 2 N–H and O–H groups in total. The summed E-state index contributed by atoms with van der Waals surface area (Å²) in [5, 5.41) is 0. The molecule has 0 aliphatic carbocycles. The van der Waals surface area contributed by atoms with Crippen molar-refractivity contribution in [2.75, 3.05) is 6.54 Å². The van der Waals surface area contributed by atoms with Crippen LogP contribution in [0.5, 0.6) is 0 Å². The highest BCUT2D eigenvalue weighted by Crippen LogP contribution is 2.22. The van der Waals surface area contributed by atoms with Crippen LogP contribution in [0, 0.1) is 5.41 Å². The fourth-order valence-corrected chi connectivity index (χ4v) is 0.942. The quantitative estimate of drug-likeness (QED) is 0.681. The molecule has 0 saturated carbocycles. The first kappa shape index (κ1) is 10.9. The Morgan fingerprint density at radius 1 is 1.27 bits per heavy atom. The largest absolute Gasteiger partial charge is 0.374 e. The molecule has 0 aliphatic heterocycles. The Morgan fingerprint density at radius 2 is 1.73 bits per heavy atom. The lowest BCUT2D eigenvalue weighted by atomic mass is 9.89. The van der Waals surface area contributed by atoms with E-state index in [4.69, 9.17) is 10.5 Å². The molecule has 0 aromatic carbocycles. The Hall–Kier alpha value is -0.0800. The fourth-order valence-electron chi connectivity index (χ4n) is 0.942. The van der Waals surface area contributed by atoms with Crippen LogP contribution in [-0.2, 0) is 4.74 Å². The van der Waals surface area contributed by atoms with Crippen molar-refractivity contribution in [2.24, 2.45) is 11.1 Å². The van der Waals surface area contributed by atoms with Crippen molar-refractivity contribution >= 4 is 0 Å². The molecule has 0 bridgehead atoms. The SMILES string of the molecule is CC(C)OC(CN)C(C)(C)C. The lowest BCUT2D eigenvalue weighted by Crippen LogP contribution is -2.38. The van der Waals surface area contributed by atoms with Gasteiger partial charge >= 0.3 is 0 Å². The van der Waals surface area contributed by atoms with E-state index in [1.807, 2.05) is 13.8 Å². The molecular formula is C9H21NO. The van der Waals surface area contributed by atoms with Gasteiger partial charge in [0, 0.05) is 6.54 Å². The monoisotopic (exact) mass is 159 g/mol. The van der Waals surface area contributed by atoms with Gasteiger partial charge in [-0.15, -0.1) is 0 Å². The Labute approximate surface area is 70.1 Å². The molecule has 0 aromatic rings. The molecule has 0 saturated heterocycles. The molecule has 2 heteroatoms. The first-order valence-electron chi connectivity index (χ1n) is 4.23. The first-order valence-corrected chi connectivity index (χ1v) is 4.23. The highest BCUT2D eigenvalue weighted by Gasteiger charge is 2.24. The summed E-state index contributed by atoms with van der Waals surface area (Å²) < 4.78 is 5.64. The third kappa shape index (κ3) is 4.38. The van der Waals surface area contributed by atoms with Crippen LogP contribution in [0.1, 0.15) is 34.6 Å². The van der Waals surface area contributed by atoms with Crippen LogP contribution >= 0.6 is 0 Å². The number of nitrogens with two attached hydrogens (primary N) is 1. The number of hydrogen-bond acceptors (Lipinski definition) is 2. The molecule has 0 heterocycles.